The molecule has 3 aromatic rings. The summed E-state index contributed by atoms with van der Waals surface area (Å²) in [6.07, 6.45) is 5.93. The quantitative estimate of drug-likeness (QED) is 0.402. The van der Waals surface area contributed by atoms with Gasteiger partial charge in [0.1, 0.15) is 4.88 Å². The summed E-state index contributed by atoms with van der Waals surface area (Å²) in [5.74, 6) is 1.07. The van der Waals surface area contributed by atoms with Gasteiger partial charge in [-0.1, -0.05) is 82.1 Å². The summed E-state index contributed by atoms with van der Waals surface area (Å²) in [6.45, 7) is 10.2. The number of amides is 1. The molecule has 0 bridgehead atoms. The molecule has 1 saturated carbocycles. The van der Waals surface area contributed by atoms with Crippen LogP contribution in [0.2, 0.25) is 5.02 Å². The Morgan fingerprint density at radius 1 is 1.18 bits per heavy atom. The summed E-state index contributed by atoms with van der Waals surface area (Å²) in [5.41, 5.74) is 4.79. The molecule has 174 valence electrons. The molecule has 1 N–H and O–H groups in total. The number of fused-ring (bicyclic) bond motifs is 4. The Balaban J connectivity index is 1.40. The second-order valence-corrected chi connectivity index (χ2v) is 12.4. The average Bonchev–Trinajstić information content (AvgIpc) is 3.14. The molecule has 2 nitrogen and oxygen atoms in total. The fourth-order valence-corrected chi connectivity index (χ4v) is 8.14. The van der Waals surface area contributed by atoms with E-state index in [1.807, 2.05) is 24.3 Å². The highest BCUT2D eigenvalue weighted by Gasteiger charge is 2.51. The molecule has 2 aliphatic carbocycles. The van der Waals surface area contributed by atoms with Crippen molar-refractivity contribution in [1.82, 2.24) is 5.32 Å². The molecule has 33 heavy (non-hydrogen) atoms. The van der Waals surface area contributed by atoms with Crippen molar-refractivity contribution in [2.45, 2.75) is 71.1 Å². The second-order valence-electron chi connectivity index (χ2n) is 11.0. The zero-order chi connectivity index (χ0) is 23.4. The number of carbonyl (C=O) groups is 1. The summed E-state index contributed by atoms with van der Waals surface area (Å²) < 4.78 is 1.06. The summed E-state index contributed by atoms with van der Waals surface area (Å²) in [6, 6.07) is 15.2. The average molecular weight is 480 g/mol. The zero-order valence-corrected chi connectivity index (χ0v) is 21.7. The minimum Gasteiger partial charge on any atom is -0.351 e. The van der Waals surface area contributed by atoms with Crippen molar-refractivity contribution >= 4 is 38.9 Å². The molecule has 1 fully saturated rings. The smallest absolute Gasteiger partial charge is 0.262 e. The van der Waals surface area contributed by atoms with Crippen LogP contribution in [-0.2, 0) is 11.8 Å². The Bertz CT molecular complexity index is 1210. The van der Waals surface area contributed by atoms with Crippen molar-refractivity contribution in [3.63, 3.8) is 0 Å². The third kappa shape index (κ3) is 3.82. The highest BCUT2D eigenvalue weighted by atomic mass is 35.5. The molecule has 0 spiro atoms. The number of hydrogen-bond acceptors (Lipinski definition) is 2. The van der Waals surface area contributed by atoms with Gasteiger partial charge in [0.15, 0.2) is 0 Å². The Morgan fingerprint density at radius 3 is 2.73 bits per heavy atom. The maximum absolute atomic E-state index is 13.2. The lowest BCUT2D eigenvalue weighted by atomic mass is 9.49. The molecular weight excluding hydrogens is 446 g/mol. The van der Waals surface area contributed by atoms with Gasteiger partial charge in [-0.2, -0.15) is 0 Å². The molecule has 1 aromatic heterocycles. The maximum Gasteiger partial charge on any atom is 0.262 e. The predicted octanol–water partition coefficient (Wildman–Crippen LogP) is 8.12. The van der Waals surface area contributed by atoms with E-state index < -0.39 is 0 Å². The molecular formula is C29H34ClNOS. The second kappa shape index (κ2) is 8.43. The van der Waals surface area contributed by atoms with Gasteiger partial charge in [-0.15, -0.1) is 11.3 Å². The summed E-state index contributed by atoms with van der Waals surface area (Å²) in [5, 5.41) is 4.85. The molecule has 0 saturated heterocycles. The third-order valence-corrected chi connectivity index (χ3v) is 10.2. The number of aryl methyl sites for hydroxylation is 1. The third-order valence-electron chi connectivity index (χ3n) is 8.57. The Labute approximate surface area is 206 Å². The van der Waals surface area contributed by atoms with Gasteiger partial charge in [-0.3, -0.25) is 4.79 Å². The number of carbonyl (C=O) groups excluding carboxylic acids is 1. The molecule has 1 heterocycles. The van der Waals surface area contributed by atoms with Gasteiger partial charge in [0.2, 0.25) is 0 Å². The van der Waals surface area contributed by atoms with Crippen LogP contribution in [0.25, 0.3) is 10.1 Å². The summed E-state index contributed by atoms with van der Waals surface area (Å²) >= 11 is 8.08. The number of benzene rings is 2. The monoisotopic (exact) mass is 479 g/mol. The van der Waals surface area contributed by atoms with E-state index in [0.29, 0.717) is 28.3 Å². The fraction of sp³-hybridized carbons (Fsp3) is 0.483. The molecule has 4 heteroatoms. The van der Waals surface area contributed by atoms with Crippen molar-refractivity contribution in [2.75, 3.05) is 6.54 Å². The topological polar surface area (TPSA) is 29.1 Å². The molecule has 3 atom stereocenters. The minimum atomic E-state index is -0.0343. The fourth-order valence-electron chi connectivity index (χ4n) is 6.70. The number of rotatable bonds is 4. The normalized spacial score (nSPS) is 26.8. The van der Waals surface area contributed by atoms with Crippen LogP contribution in [0.1, 0.15) is 85.7 Å². The molecule has 5 rings (SSSR count). The lowest BCUT2D eigenvalue weighted by Crippen LogP contribution is -2.53. The van der Waals surface area contributed by atoms with E-state index in [4.69, 9.17) is 11.6 Å². The van der Waals surface area contributed by atoms with Crippen molar-refractivity contribution in [1.29, 1.82) is 0 Å². The van der Waals surface area contributed by atoms with Crippen molar-refractivity contribution < 1.29 is 4.79 Å². The Kier molecular flexibility index (Phi) is 5.86. The largest absolute Gasteiger partial charge is 0.351 e. The van der Waals surface area contributed by atoms with E-state index in [1.54, 1.807) is 5.56 Å². The van der Waals surface area contributed by atoms with Crippen LogP contribution >= 0.6 is 22.9 Å². The SMILES string of the molecule is CC(C)c1ccc2c(c1)[C@@]1(C)CCC[C@](C)(CNC(=O)c3sc4ccccc4c3Cl)[C@@H]1CC2. The van der Waals surface area contributed by atoms with E-state index in [-0.39, 0.29) is 16.7 Å². The van der Waals surface area contributed by atoms with Gasteiger partial charge >= 0.3 is 0 Å². The highest BCUT2D eigenvalue weighted by molar-refractivity contribution is 7.21. The van der Waals surface area contributed by atoms with E-state index >= 15 is 0 Å². The first-order chi connectivity index (χ1) is 15.7. The van der Waals surface area contributed by atoms with Crippen molar-refractivity contribution in [3.05, 3.63) is 69.1 Å². The van der Waals surface area contributed by atoms with E-state index in [9.17, 15) is 4.79 Å². The van der Waals surface area contributed by atoms with Crippen LogP contribution in [0, 0.1) is 11.3 Å². The van der Waals surface area contributed by atoms with Crippen molar-refractivity contribution in [2.24, 2.45) is 11.3 Å². The first-order valence-corrected chi connectivity index (χ1v) is 13.5. The van der Waals surface area contributed by atoms with Crippen LogP contribution < -0.4 is 5.32 Å². The number of hydrogen-bond donors (Lipinski definition) is 1. The van der Waals surface area contributed by atoms with Gasteiger partial charge in [0, 0.05) is 16.6 Å². The lowest BCUT2D eigenvalue weighted by molar-refractivity contribution is 0.0254. The Morgan fingerprint density at radius 2 is 1.97 bits per heavy atom. The van der Waals surface area contributed by atoms with Crippen LogP contribution in [-0.4, -0.2) is 12.5 Å². The summed E-state index contributed by atoms with van der Waals surface area (Å²) in [7, 11) is 0. The van der Waals surface area contributed by atoms with E-state index in [1.165, 1.54) is 41.7 Å². The van der Waals surface area contributed by atoms with Gasteiger partial charge < -0.3 is 5.32 Å². The van der Waals surface area contributed by atoms with Crippen LogP contribution in [0.4, 0.5) is 0 Å². The lowest BCUT2D eigenvalue weighted by Gasteiger charge is -2.55. The maximum atomic E-state index is 13.2. The van der Waals surface area contributed by atoms with Gasteiger partial charge in [0.25, 0.3) is 5.91 Å². The molecule has 0 aliphatic heterocycles. The molecule has 1 amide bonds. The highest BCUT2D eigenvalue weighted by Crippen LogP contribution is 2.57. The number of halogens is 1. The first-order valence-electron chi connectivity index (χ1n) is 12.3. The van der Waals surface area contributed by atoms with Crippen LogP contribution in [0.15, 0.2) is 42.5 Å². The number of thiophene rings is 1. The molecule has 2 aliphatic rings. The standard InChI is InChI=1S/C29H34ClNOS/c1-18(2)20-11-10-19-12-13-24-28(3,14-7-15-29(24,4)22(19)16-20)17-31-27(32)26-25(30)21-8-5-6-9-23(21)33-26/h5-6,8-11,16,18,24H,7,12-15,17H2,1-4H3,(H,31,32)/t24-,28+,29+/m0/s1. The van der Waals surface area contributed by atoms with Gasteiger partial charge in [-0.25, -0.2) is 0 Å². The van der Waals surface area contributed by atoms with Crippen molar-refractivity contribution in [3.8, 4) is 0 Å². The van der Waals surface area contributed by atoms with E-state index in [2.05, 4.69) is 51.2 Å². The number of nitrogens with one attached hydrogen (secondary N) is 1. The molecule has 0 radical (unpaired) electrons. The van der Waals surface area contributed by atoms with Gasteiger partial charge in [-0.05, 0) is 71.1 Å². The van der Waals surface area contributed by atoms with Gasteiger partial charge in [0.05, 0.1) is 5.02 Å². The van der Waals surface area contributed by atoms with Crippen LogP contribution in [0.5, 0.6) is 0 Å². The zero-order valence-electron chi connectivity index (χ0n) is 20.1. The predicted molar refractivity (Wildman–Crippen MR) is 141 cm³/mol. The van der Waals surface area contributed by atoms with Crippen LogP contribution in [0.3, 0.4) is 0 Å². The first kappa shape index (κ1) is 22.9. The minimum absolute atomic E-state index is 0.0343. The summed E-state index contributed by atoms with van der Waals surface area (Å²) in [4.78, 5) is 13.8. The Hall–Kier alpha value is -1.84. The van der Waals surface area contributed by atoms with E-state index in [0.717, 1.165) is 22.9 Å². The molecule has 0 unspecified atom stereocenters. The molecule has 2 aromatic carbocycles.